The van der Waals surface area contributed by atoms with Gasteiger partial charge in [-0.25, -0.2) is 4.39 Å². The SMILES string of the molecule is CC1(C)CN=C2C(c3ccccc3)=[N+]([O-])c3ccc(F)cc3N2C1. The molecule has 2 aromatic carbocycles. The minimum absolute atomic E-state index is 0.0417. The summed E-state index contributed by atoms with van der Waals surface area (Å²) in [5.41, 5.74) is 2.32. The lowest BCUT2D eigenvalue weighted by atomic mass is 9.89. The van der Waals surface area contributed by atoms with Crippen LogP contribution < -0.4 is 4.90 Å². The van der Waals surface area contributed by atoms with Gasteiger partial charge in [-0.1, -0.05) is 32.0 Å². The second kappa shape index (κ2) is 5.16. The Bertz CT molecular complexity index is 871. The maximum absolute atomic E-state index is 13.8. The predicted molar refractivity (Wildman–Crippen MR) is 93.7 cm³/mol. The first-order chi connectivity index (χ1) is 11.5. The van der Waals surface area contributed by atoms with Crippen molar-refractivity contribution < 1.29 is 9.13 Å². The summed E-state index contributed by atoms with van der Waals surface area (Å²) in [7, 11) is 0. The molecule has 0 saturated heterocycles. The van der Waals surface area contributed by atoms with E-state index in [1.54, 1.807) is 6.07 Å². The summed E-state index contributed by atoms with van der Waals surface area (Å²) in [4.78, 5) is 6.65. The molecule has 2 aliphatic rings. The molecule has 2 heterocycles. The summed E-state index contributed by atoms with van der Waals surface area (Å²) in [5.74, 6) is 0.265. The third-order valence-corrected chi connectivity index (χ3v) is 4.41. The number of anilines is 1. The molecule has 0 aromatic heterocycles. The van der Waals surface area contributed by atoms with Crippen LogP contribution in [0, 0.1) is 16.4 Å². The zero-order chi connectivity index (χ0) is 16.9. The predicted octanol–water partition coefficient (Wildman–Crippen LogP) is 3.72. The van der Waals surface area contributed by atoms with Gasteiger partial charge in [0.25, 0.3) is 5.71 Å². The van der Waals surface area contributed by atoms with Crippen LogP contribution in [-0.4, -0.2) is 29.4 Å². The molecule has 2 aliphatic heterocycles. The van der Waals surface area contributed by atoms with E-state index < -0.39 is 0 Å². The van der Waals surface area contributed by atoms with Gasteiger partial charge in [-0.15, -0.1) is 0 Å². The number of nitrogens with zero attached hydrogens (tertiary/aromatic N) is 3. The molecule has 0 saturated carbocycles. The molecule has 122 valence electrons. The van der Waals surface area contributed by atoms with Crippen LogP contribution in [0.15, 0.2) is 53.5 Å². The van der Waals surface area contributed by atoms with Gasteiger partial charge in [0, 0.05) is 30.6 Å². The average Bonchev–Trinajstić information content (AvgIpc) is 2.56. The molecule has 24 heavy (non-hydrogen) atoms. The lowest BCUT2D eigenvalue weighted by Gasteiger charge is -2.40. The number of rotatable bonds is 1. The Kier molecular flexibility index (Phi) is 3.20. The third kappa shape index (κ3) is 2.28. The Labute approximate surface area is 140 Å². The molecule has 0 spiro atoms. The van der Waals surface area contributed by atoms with Crippen LogP contribution in [0.3, 0.4) is 0 Å². The molecule has 0 unspecified atom stereocenters. The maximum atomic E-state index is 13.8. The van der Waals surface area contributed by atoms with Gasteiger partial charge in [0.2, 0.25) is 11.5 Å². The molecule has 0 aliphatic carbocycles. The van der Waals surface area contributed by atoms with Crippen molar-refractivity contribution in [2.75, 3.05) is 18.0 Å². The fraction of sp³-hybridized carbons (Fsp3) is 0.263. The van der Waals surface area contributed by atoms with E-state index in [9.17, 15) is 9.60 Å². The minimum Gasteiger partial charge on any atom is -0.618 e. The van der Waals surface area contributed by atoms with Crippen molar-refractivity contribution >= 4 is 22.9 Å². The van der Waals surface area contributed by atoms with E-state index in [2.05, 4.69) is 18.8 Å². The van der Waals surface area contributed by atoms with Gasteiger partial charge in [-0.05, 0) is 18.2 Å². The largest absolute Gasteiger partial charge is 0.618 e. The fourth-order valence-corrected chi connectivity index (χ4v) is 3.27. The zero-order valence-corrected chi connectivity index (χ0v) is 13.7. The number of amidine groups is 1. The van der Waals surface area contributed by atoms with Crippen LogP contribution in [0.2, 0.25) is 0 Å². The van der Waals surface area contributed by atoms with Gasteiger partial charge >= 0.3 is 0 Å². The molecular weight excluding hydrogens is 305 g/mol. The zero-order valence-electron chi connectivity index (χ0n) is 13.7. The van der Waals surface area contributed by atoms with Crippen LogP contribution >= 0.6 is 0 Å². The summed E-state index contributed by atoms with van der Waals surface area (Å²) in [6, 6.07) is 13.8. The number of benzene rings is 2. The van der Waals surface area contributed by atoms with Gasteiger partial charge in [-0.2, -0.15) is 4.74 Å². The highest BCUT2D eigenvalue weighted by molar-refractivity contribution is 6.51. The molecule has 0 bridgehead atoms. The number of halogens is 1. The molecule has 4 rings (SSSR count). The van der Waals surface area contributed by atoms with Gasteiger partial charge < -0.3 is 10.1 Å². The van der Waals surface area contributed by atoms with Gasteiger partial charge in [0.15, 0.2) is 0 Å². The standard InChI is InChI=1S/C19H18FN3O/c1-19(2)11-21-18-17(13-6-4-3-5-7-13)23(24)15-9-8-14(20)10-16(15)22(18)12-19/h3-10H,11-12H2,1-2H3. The quantitative estimate of drug-likeness (QED) is 0.593. The first-order valence-corrected chi connectivity index (χ1v) is 7.98. The monoisotopic (exact) mass is 323 g/mol. The highest BCUT2D eigenvalue weighted by Crippen LogP contribution is 2.38. The second-order valence-electron chi connectivity index (χ2n) is 7.03. The second-order valence-corrected chi connectivity index (χ2v) is 7.03. The normalized spacial score (nSPS) is 18.8. The lowest BCUT2D eigenvalue weighted by molar-refractivity contribution is -0.358. The van der Waals surface area contributed by atoms with Crippen LogP contribution in [0.1, 0.15) is 19.4 Å². The van der Waals surface area contributed by atoms with Crippen molar-refractivity contribution in [2.24, 2.45) is 10.4 Å². The van der Waals surface area contributed by atoms with Crippen molar-refractivity contribution in [1.29, 1.82) is 0 Å². The number of hydrogen-bond donors (Lipinski definition) is 0. The molecule has 5 heteroatoms. The maximum Gasteiger partial charge on any atom is 0.267 e. The van der Waals surface area contributed by atoms with E-state index in [4.69, 9.17) is 0 Å². The van der Waals surface area contributed by atoms with E-state index in [1.165, 1.54) is 12.1 Å². The number of fused-ring (bicyclic) bond motifs is 3. The smallest absolute Gasteiger partial charge is 0.267 e. The Morgan fingerprint density at radius 1 is 1.17 bits per heavy atom. The van der Waals surface area contributed by atoms with E-state index in [1.807, 2.05) is 35.2 Å². The van der Waals surface area contributed by atoms with E-state index in [0.717, 1.165) is 10.3 Å². The van der Waals surface area contributed by atoms with Gasteiger partial charge in [0.1, 0.15) is 11.5 Å². The van der Waals surface area contributed by atoms with Crippen molar-refractivity contribution in [2.45, 2.75) is 13.8 Å². The van der Waals surface area contributed by atoms with Crippen molar-refractivity contribution in [1.82, 2.24) is 0 Å². The number of aliphatic imine (C=N–C) groups is 1. The molecular formula is C19H18FN3O. The fourth-order valence-electron chi connectivity index (χ4n) is 3.27. The van der Waals surface area contributed by atoms with Gasteiger partial charge in [0.05, 0.1) is 5.56 Å². The summed E-state index contributed by atoms with van der Waals surface area (Å²) in [6.45, 7) is 5.57. The van der Waals surface area contributed by atoms with Gasteiger partial charge in [-0.3, -0.25) is 4.99 Å². The van der Waals surface area contributed by atoms with Crippen molar-refractivity contribution in [3.63, 3.8) is 0 Å². The Balaban J connectivity index is 2.00. The molecule has 0 N–H and O–H groups in total. The highest BCUT2D eigenvalue weighted by atomic mass is 19.1. The molecule has 0 atom stereocenters. The molecule has 4 nitrogen and oxygen atoms in total. The van der Waals surface area contributed by atoms with Crippen LogP contribution in [-0.2, 0) is 0 Å². The third-order valence-electron chi connectivity index (χ3n) is 4.41. The first-order valence-electron chi connectivity index (χ1n) is 7.98. The number of hydrogen-bond acceptors (Lipinski definition) is 3. The summed E-state index contributed by atoms with van der Waals surface area (Å²) in [5, 5.41) is 13.0. The molecule has 0 fully saturated rings. The molecule has 0 radical (unpaired) electrons. The molecule has 2 aromatic rings. The summed E-state index contributed by atoms with van der Waals surface area (Å²) >= 11 is 0. The highest BCUT2D eigenvalue weighted by Gasteiger charge is 2.41. The molecule has 0 amide bonds. The average molecular weight is 323 g/mol. The topological polar surface area (TPSA) is 41.7 Å². The summed E-state index contributed by atoms with van der Waals surface area (Å²) in [6.07, 6.45) is 0. The van der Waals surface area contributed by atoms with E-state index in [-0.39, 0.29) is 11.2 Å². The summed E-state index contributed by atoms with van der Waals surface area (Å²) < 4.78 is 14.7. The van der Waals surface area contributed by atoms with Crippen LogP contribution in [0.5, 0.6) is 0 Å². The minimum atomic E-state index is -0.354. The Morgan fingerprint density at radius 2 is 1.92 bits per heavy atom. The van der Waals surface area contributed by atoms with E-state index >= 15 is 0 Å². The first kappa shape index (κ1) is 14.9. The van der Waals surface area contributed by atoms with Crippen molar-refractivity contribution in [3.8, 4) is 0 Å². The van der Waals surface area contributed by atoms with Crippen LogP contribution in [0.25, 0.3) is 0 Å². The van der Waals surface area contributed by atoms with Crippen LogP contribution in [0.4, 0.5) is 15.8 Å². The van der Waals surface area contributed by atoms with E-state index in [0.29, 0.717) is 36.0 Å². The lowest BCUT2D eigenvalue weighted by Crippen LogP contribution is -2.51. The van der Waals surface area contributed by atoms with Crippen molar-refractivity contribution in [3.05, 3.63) is 65.1 Å². The Hall–Kier alpha value is -2.69. The Morgan fingerprint density at radius 3 is 2.67 bits per heavy atom.